The third-order valence-corrected chi connectivity index (χ3v) is 2.17. The van der Waals surface area contributed by atoms with Crippen LogP contribution >= 0.6 is 0 Å². The summed E-state index contributed by atoms with van der Waals surface area (Å²) in [6.07, 6.45) is -5.92. The Balaban J connectivity index is 2.85. The SMILES string of the molecule is CC(=O)O[C@]1(O)O[C@@H](C)[C@H](O)[C@@H](O)[C@H]1O. The van der Waals surface area contributed by atoms with Crippen molar-refractivity contribution < 1.29 is 34.7 Å². The standard InChI is InChI=1S/C8H14O7/c1-3-5(10)6(11)7(12)8(13,14-3)15-4(2)9/h3,5-7,10-13H,1-2H3/t3-,5-,6+,7+,8+/m0/s1. The number of hydrogen-bond donors (Lipinski definition) is 4. The predicted molar refractivity (Wildman–Crippen MR) is 45.3 cm³/mol. The van der Waals surface area contributed by atoms with E-state index in [-0.39, 0.29) is 0 Å². The maximum absolute atomic E-state index is 10.6. The summed E-state index contributed by atoms with van der Waals surface area (Å²) in [5.74, 6) is -3.50. The number of aliphatic hydroxyl groups is 4. The van der Waals surface area contributed by atoms with Crippen LogP contribution in [0.15, 0.2) is 0 Å². The highest BCUT2D eigenvalue weighted by Crippen LogP contribution is 2.28. The normalized spacial score (nSPS) is 46.3. The summed E-state index contributed by atoms with van der Waals surface area (Å²) in [4.78, 5) is 10.6. The van der Waals surface area contributed by atoms with E-state index in [4.69, 9.17) is 4.74 Å². The van der Waals surface area contributed by atoms with Crippen LogP contribution in [-0.2, 0) is 14.3 Å². The van der Waals surface area contributed by atoms with Crippen LogP contribution in [0.1, 0.15) is 13.8 Å². The molecule has 1 saturated heterocycles. The van der Waals surface area contributed by atoms with E-state index >= 15 is 0 Å². The zero-order chi connectivity index (χ0) is 11.8. The van der Waals surface area contributed by atoms with Crippen molar-refractivity contribution in [2.45, 2.75) is 44.2 Å². The van der Waals surface area contributed by atoms with Crippen LogP contribution in [0.4, 0.5) is 0 Å². The van der Waals surface area contributed by atoms with Crippen LogP contribution in [0.3, 0.4) is 0 Å². The van der Waals surface area contributed by atoms with Crippen molar-refractivity contribution in [1.29, 1.82) is 0 Å². The highest BCUT2D eigenvalue weighted by molar-refractivity contribution is 5.66. The van der Waals surface area contributed by atoms with Crippen LogP contribution in [0.2, 0.25) is 0 Å². The van der Waals surface area contributed by atoms with E-state index in [0.29, 0.717) is 0 Å². The van der Waals surface area contributed by atoms with Crippen LogP contribution in [0.25, 0.3) is 0 Å². The van der Waals surface area contributed by atoms with E-state index in [2.05, 4.69) is 4.74 Å². The van der Waals surface area contributed by atoms with Gasteiger partial charge < -0.3 is 29.9 Å². The Morgan fingerprint density at radius 3 is 2.33 bits per heavy atom. The summed E-state index contributed by atoms with van der Waals surface area (Å²) in [5.41, 5.74) is 0. The second-order valence-electron chi connectivity index (χ2n) is 3.47. The summed E-state index contributed by atoms with van der Waals surface area (Å²) in [6, 6.07) is 0. The van der Waals surface area contributed by atoms with Crippen LogP contribution in [0, 0.1) is 0 Å². The molecule has 88 valence electrons. The largest absolute Gasteiger partial charge is 0.406 e. The molecule has 4 N–H and O–H groups in total. The van der Waals surface area contributed by atoms with Gasteiger partial charge in [0.05, 0.1) is 6.10 Å². The molecule has 0 saturated carbocycles. The first-order chi connectivity index (χ1) is 6.78. The average molecular weight is 222 g/mol. The van der Waals surface area contributed by atoms with Gasteiger partial charge in [0.15, 0.2) is 6.10 Å². The molecule has 0 radical (unpaired) electrons. The van der Waals surface area contributed by atoms with Gasteiger partial charge in [-0.25, -0.2) is 0 Å². The maximum Gasteiger partial charge on any atom is 0.357 e. The molecule has 1 aliphatic rings. The molecule has 1 aliphatic heterocycles. The topological polar surface area (TPSA) is 116 Å². The molecule has 15 heavy (non-hydrogen) atoms. The Kier molecular flexibility index (Phi) is 3.31. The average Bonchev–Trinajstić information content (AvgIpc) is 2.10. The summed E-state index contributed by atoms with van der Waals surface area (Å²) in [5, 5.41) is 37.6. The van der Waals surface area contributed by atoms with Crippen LogP contribution in [0.5, 0.6) is 0 Å². The van der Waals surface area contributed by atoms with Gasteiger partial charge in [-0.15, -0.1) is 0 Å². The van der Waals surface area contributed by atoms with Crippen LogP contribution in [-0.4, -0.2) is 56.8 Å². The molecule has 1 heterocycles. The van der Waals surface area contributed by atoms with Crippen molar-refractivity contribution in [3.8, 4) is 0 Å². The predicted octanol–water partition coefficient (Wildman–Crippen LogP) is -2.30. The maximum atomic E-state index is 10.6. The van der Waals surface area contributed by atoms with Gasteiger partial charge in [0, 0.05) is 6.92 Å². The van der Waals surface area contributed by atoms with E-state index in [1.54, 1.807) is 0 Å². The lowest BCUT2D eigenvalue weighted by atomic mass is 9.98. The van der Waals surface area contributed by atoms with E-state index in [1.807, 2.05) is 0 Å². The third-order valence-electron chi connectivity index (χ3n) is 2.17. The minimum absolute atomic E-state index is 0.882. The van der Waals surface area contributed by atoms with Gasteiger partial charge in [-0.2, -0.15) is 0 Å². The first-order valence-corrected chi connectivity index (χ1v) is 4.42. The van der Waals surface area contributed by atoms with Gasteiger partial charge >= 0.3 is 11.9 Å². The minimum Gasteiger partial charge on any atom is -0.406 e. The monoisotopic (exact) mass is 222 g/mol. The second-order valence-corrected chi connectivity index (χ2v) is 3.47. The number of hydrogen-bond acceptors (Lipinski definition) is 7. The smallest absolute Gasteiger partial charge is 0.357 e. The van der Waals surface area contributed by atoms with Crippen molar-refractivity contribution in [2.24, 2.45) is 0 Å². The van der Waals surface area contributed by atoms with E-state index in [1.165, 1.54) is 6.92 Å². The van der Waals surface area contributed by atoms with E-state index in [9.17, 15) is 25.2 Å². The molecule has 0 spiro atoms. The van der Waals surface area contributed by atoms with E-state index in [0.717, 1.165) is 6.92 Å². The molecule has 0 aromatic carbocycles. The first-order valence-electron chi connectivity index (χ1n) is 4.42. The van der Waals surface area contributed by atoms with Crippen molar-refractivity contribution in [2.75, 3.05) is 0 Å². The molecule has 0 aromatic rings. The molecule has 0 unspecified atom stereocenters. The van der Waals surface area contributed by atoms with Gasteiger partial charge in [-0.05, 0) is 6.92 Å². The lowest BCUT2D eigenvalue weighted by molar-refractivity contribution is -0.429. The molecule has 0 bridgehead atoms. The zero-order valence-corrected chi connectivity index (χ0v) is 8.32. The fraction of sp³-hybridized carbons (Fsp3) is 0.875. The molecule has 5 atom stereocenters. The van der Waals surface area contributed by atoms with Crippen LogP contribution < -0.4 is 0 Å². The molecule has 1 fully saturated rings. The Morgan fingerprint density at radius 2 is 1.87 bits per heavy atom. The molecule has 7 nitrogen and oxygen atoms in total. The number of carbonyl (C=O) groups is 1. The Labute approximate surface area is 85.9 Å². The Morgan fingerprint density at radius 1 is 1.33 bits per heavy atom. The number of aliphatic hydroxyl groups excluding tert-OH is 3. The molecular weight excluding hydrogens is 208 g/mol. The van der Waals surface area contributed by atoms with E-state index < -0.39 is 36.4 Å². The number of ether oxygens (including phenoxy) is 2. The van der Waals surface area contributed by atoms with Gasteiger partial charge in [0.1, 0.15) is 12.2 Å². The second kappa shape index (κ2) is 4.03. The van der Waals surface area contributed by atoms with Crippen molar-refractivity contribution >= 4 is 5.97 Å². The number of rotatable bonds is 1. The number of carbonyl (C=O) groups excluding carboxylic acids is 1. The Bertz CT molecular complexity index is 255. The lowest BCUT2D eigenvalue weighted by Crippen LogP contribution is -2.65. The fourth-order valence-corrected chi connectivity index (χ4v) is 1.38. The van der Waals surface area contributed by atoms with Crippen molar-refractivity contribution in [3.05, 3.63) is 0 Å². The van der Waals surface area contributed by atoms with Crippen molar-refractivity contribution in [3.63, 3.8) is 0 Å². The van der Waals surface area contributed by atoms with Gasteiger partial charge in [-0.1, -0.05) is 0 Å². The van der Waals surface area contributed by atoms with Gasteiger partial charge in [0.2, 0.25) is 0 Å². The lowest BCUT2D eigenvalue weighted by Gasteiger charge is -2.43. The molecular formula is C8H14O7. The quantitative estimate of drug-likeness (QED) is 0.291. The molecule has 0 aliphatic carbocycles. The fourth-order valence-electron chi connectivity index (χ4n) is 1.38. The zero-order valence-electron chi connectivity index (χ0n) is 8.32. The van der Waals surface area contributed by atoms with Gasteiger partial charge in [-0.3, -0.25) is 4.79 Å². The summed E-state index contributed by atoms with van der Waals surface area (Å²) < 4.78 is 9.09. The summed E-state index contributed by atoms with van der Waals surface area (Å²) in [7, 11) is 0. The minimum atomic E-state index is -2.62. The molecule has 1 rings (SSSR count). The van der Waals surface area contributed by atoms with Crippen molar-refractivity contribution in [1.82, 2.24) is 0 Å². The summed E-state index contributed by atoms with van der Waals surface area (Å²) in [6.45, 7) is 2.37. The highest BCUT2D eigenvalue weighted by Gasteiger charge is 2.54. The molecule has 0 aromatic heterocycles. The third kappa shape index (κ3) is 2.27. The molecule has 0 amide bonds. The molecule has 7 heteroatoms. The first kappa shape index (κ1) is 12.3. The number of esters is 1. The van der Waals surface area contributed by atoms with Gasteiger partial charge in [0.25, 0.3) is 0 Å². The highest BCUT2D eigenvalue weighted by atomic mass is 16.8. The summed E-state index contributed by atoms with van der Waals surface area (Å²) >= 11 is 0. The Hall–Kier alpha value is -0.730.